The average Bonchev–Trinajstić information content (AvgIpc) is 2.23. The first-order valence-corrected chi connectivity index (χ1v) is 5.09. The molecule has 0 amide bonds. The molecule has 0 bridgehead atoms. The fourth-order valence-electron chi connectivity index (χ4n) is 1.33. The molecule has 6 heteroatoms. The molecule has 1 aromatic rings. The van der Waals surface area contributed by atoms with Crippen LogP contribution in [-0.4, -0.2) is 19.5 Å². The summed E-state index contributed by atoms with van der Waals surface area (Å²) in [5.74, 6) is -0.512. The Bertz CT molecular complexity index is 347. The Labute approximate surface area is 96.6 Å². The van der Waals surface area contributed by atoms with Gasteiger partial charge in [-0.25, -0.2) is 13.2 Å². The van der Waals surface area contributed by atoms with E-state index in [1.165, 1.54) is 18.2 Å². The standard InChI is InChI=1S/C10H12ClF3N2/c11-6-1-2-8(12)7(3-6)9(4-15)16-5-10(13)14/h1-3,9-10,16H,4-5,15H2. The highest BCUT2D eigenvalue weighted by atomic mass is 35.5. The number of rotatable bonds is 5. The van der Waals surface area contributed by atoms with Crippen LogP contribution in [0.2, 0.25) is 5.02 Å². The van der Waals surface area contributed by atoms with Gasteiger partial charge in [-0.05, 0) is 18.2 Å². The van der Waals surface area contributed by atoms with E-state index >= 15 is 0 Å². The number of hydrogen-bond acceptors (Lipinski definition) is 2. The van der Waals surface area contributed by atoms with Crippen LogP contribution in [0.1, 0.15) is 11.6 Å². The highest BCUT2D eigenvalue weighted by Gasteiger charge is 2.15. The average molecular weight is 253 g/mol. The van der Waals surface area contributed by atoms with Crippen LogP contribution in [0.25, 0.3) is 0 Å². The molecule has 0 aliphatic carbocycles. The van der Waals surface area contributed by atoms with Crippen molar-refractivity contribution in [2.45, 2.75) is 12.5 Å². The highest BCUT2D eigenvalue weighted by molar-refractivity contribution is 6.30. The van der Waals surface area contributed by atoms with Crippen molar-refractivity contribution in [1.29, 1.82) is 0 Å². The largest absolute Gasteiger partial charge is 0.329 e. The van der Waals surface area contributed by atoms with Crippen LogP contribution in [0.5, 0.6) is 0 Å². The van der Waals surface area contributed by atoms with Gasteiger partial charge in [-0.2, -0.15) is 0 Å². The molecule has 16 heavy (non-hydrogen) atoms. The van der Waals surface area contributed by atoms with Crippen LogP contribution in [0, 0.1) is 5.82 Å². The summed E-state index contributed by atoms with van der Waals surface area (Å²) in [6, 6.07) is 3.30. The maximum atomic E-state index is 13.4. The lowest BCUT2D eigenvalue weighted by Crippen LogP contribution is -2.32. The van der Waals surface area contributed by atoms with E-state index in [1.54, 1.807) is 0 Å². The van der Waals surface area contributed by atoms with Crippen molar-refractivity contribution < 1.29 is 13.2 Å². The number of nitrogens with one attached hydrogen (secondary N) is 1. The van der Waals surface area contributed by atoms with Crippen molar-refractivity contribution in [2.24, 2.45) is 5.73 Å². The Balaban J connectivity index is 2.81. The zero-order valence-corrected chi connectivity index (χ0v) is 9.15. The van der Waals surface area contributed by atoms with Crippen molar-refractivity contribution in [3.8, 4) is 0 Å². The third-order valence-corrected chi connectivity index (χ3v) is 2.32. The van der Waals surface area contributed by atoms with Crippen LogP contribution in [0.3, 0.4) is 0 Å². The van der Waals surface area contributed by atoms with Gasteiger partial charge in [-0.3, -0.25) is 0 Å². The summed E-state index contributed by atoms with van der Waals surface area (Å²) in [6.45, 7) is -0.516. The minimum absolute atomic E-state index is 0.0178. The number of alkyl halides is 2. The van der Waals surface area contributed by atoms with Crippen molar-refractivity contribution in [3.05, 3.63) is 34.6 Å². The highest BCUT2D eigenvalue weighted by Crippen LogP contribution is 2.20. The predicted molar refractivity (Wildman–Crippen MR) is 57.2 cm³/mol. The third-order valence-electron chi connectivity index (χ3n) is 2.09. The van der Waals surface area contributed by atoms with E-state index in [0.717, 1.165) is 0 Å². The first kappa shape index (κ1) is 13.3. The SMILES string of the molecule is NCC(NCC(F)F)c1cc(Cl)ccc1F. The van der Waals surface area contributed by atoms with E-state index in [1.807, 2.05) is 0 Å². The molecule has 1 atom stereocenters. The minimum atomic E-state index is -2.50. The zero-order chi connectivity index (χ0) is 12.1. The molecular weight excluding hydrogens is 241 g/mol. The Morgan fingerprint density at radius 1 is 1.38 bits per heavy atom. The summed E-state index contributed by atoms with van der Waals surface area (Å²) in [6.07, 6.45) is -2.50. The number of nitrogens with two attached hydrogens (primary N) is 1. The van der Waals surface area contributed by atoms with Gasteiger partial charge in [0.1, 0.15) is 5.82 Å². The molecule has 0 aromatic heterocycles. The monoisotopic (exact) mass is 252 g/mol. The maximum Gasteiger partial charge on any atom is 0.250 e. The van der Waals surface area contributed by atoms with E-state index in [4.69, 9.17) is 17.3 Å². The second-order valence-corrected chi connectivity index (χ2v) is 3.69. The molecule has 0 saturated carbocycles. The van der Waals surface area contributed by atoms with Gasteiger partial charge in [-0.1, -0.05) is 11.6 Å². The topological polar surface area (TPSA) is 38.0 Å². The van der Waals surface area contributed by atoms with Gasteiger partial charge in [0, 0.05) is 23.2 Å². The smallest absolute Gasteiger partial charge is 0.250 e. The second-order valence-electron chi connectivity index (χ2n) is 3.25. The molecular formula is C10H12ClF3N2. The van der Waals surface area contributed by atoms with Gasteiger partial charge in [0.2, 0.25) is 0 Å². The van der Waals surface area contributed by atoms with Gasteiger partial charge in [0.05, 0.1) is 6.54 Å². The fourth-order valence-corrected chi connectivity index (χ4v) is 1.51. The lowest BCUT2D eigenvalue weighted by molar-refractivity contribution is 0.141. The van der Waals surface area contributed by atoms with E-state index < -0.39 is 24.8 Å². The van der Waals surface area contributed by atoms with Gasteiger partial charge in [0.25, 0.3) is 6.43 Å². The lowest BCUT2D eigenvalue weighted by atomic mass is 10.1. The van der Waals surface area contributed by atoms with Gasteiger partial charge < -0.3 is 11.1 Å². The number of halogens is 4. The van der Waals surface area contributed by atoms with Crippen LogP contribution >= 0.6 is 11.6 Å². The minimum Gasteiger partial charge on any atom is -0.329 e. The predicted octanol–water partition coefficient (Wildman–Crippen LogP) is 2.33. The van der Waals surface area contributed by atoms with Crippen molar-refractivity contribution >= 4 is 11.6 Å². The van der Waals surface area contributed by atoms with Gasteiger partial charge >= 0.3 is 0 Å². The van der Waals surface area contributed by atoms with E-state index in [2.05, 4.69) is 5.32 Å². The summed E-state index contributed by atoms with van der Waals surface area (Å²) in [4.78, 5) is 0. The Kier molecular flexibility index (Phi) is 5.05. The summed E-state index contributed by atoms with van der Waals surface area (Å²) < 4.78 is 37.4. The molecule has 0 spiro atoms. The molecule has 0 heterocycles. The Morgan fingerprint density at radius 2 is 2.06 bits per heavy atom. The van der Waals surface area contributed by atoms with Crippen molar-refractivity contribution in [3.63, 3.8) is 0 Å². The molecule has 1 rings (SSSR count). The quantitative estimate of drug-likeness (QED) is 0.844. The third kappa shape index (κ3) is 3.66. The van der Waals surface area contributed by atoms with Crippen molar-refractivity contribution in [1.82, 2.24) is 5.32 Å². The van der Waals surface area contributed by atoms with Crippen LogP contribution in [-0.2, 0) is 0 Å². The van der Waals surface area contributed by atoms with Crippen LogP contribution in [0.15, 0.2) is 18.2 Å². The summed E-state index contributed by atoms with van der Waals surface area (Å²) in [7, 11) is 0. The van der Waals surface area contributed by atoms with Gasteiger partial charge in [-0.15, -0.1) is 0 Å². The molecule has 0 fully saturated rings. The molecule has 1 unspecified atom stereocenters. The Hall–Kier alpha value is -0.780. The summed E-state index contributed by atoms with van der Waals surface area (Å²) in [5.41, 5.74) is 5.60. The first-order chi connectivity index (χ1) is 7.54. The lowest BCUT2D eigenvalue weighted by Gasteiger charge is -2.17. The van der Waals surface area contributed by atoms with Crippen molar-refractivity contribution in [2.75, 3.05) is 13.1 Å². The van der Waals surface area contributed by atoms with E-state index in [0.29, 0.717) is 5.02 Å². The Morgan fingerprint density at radius 3 is 2.62 bits per heavy atom. The molecule has 90 valence electrons. The van der Waals surface area contributed by atoms with Crippen LogP contribution < -0.4 is 11.1 Å². The normalized spacial score (nSPS) is 13.1. The molecule has 0 aliphatic heterocycles. The fraction of sp³-hybridized carbons (Fsp3) is 0.400. The number of benzene rings is 1. The number of hydrogen-bond donors (Lipinski definition) is 2. The molecule has 0 radical (unpaired) electrons. The van der Waals surface area contributed by atoms with E-state index in [9.17, 15) is 13.2 Å². The molecule has 2 nitrogen and oxygen atoms in total. The molecule has 3 N–H and O–H groups in total. The molecule has 0 saturated heterocycles. The van der Waals surface area contributed by atoms with E-state index in [-0.39, 0.29) is 12.1 Å². The first-order valence-electron chi connectivity index (χ1n) is 4.71. The maximum absolute atomic E-state index is 13.4. The molecule has 0 aliphatic rings. The van der Waals surface area contributed by atoms with Crippen LogP contribution in [0.4, 0.5) is 13.2 Å². The summed E-state index contributed by atoms with van der Waals surface area (Å²) >= 11 is 5.70. The molecule has 1 aromatic carbocycles. The summed E-state index contributed by atoms with van der Waals surface area (Å²) in [5, 5.41) is 2.82. The second kappa shape index (κ2) is 6.08. The van der Waals surface area contributed by atoms with Gasteiger partial charge in [0.15, 0.2) is 0 Å². The zero-order valence-electron chi connectivity index (χ0n) is 8.39.